The van der Waals surface area contributed by atoms with Gasteiger partial charge in [-0.25, -0.2) is 12.8 Å². The van der Waals surface area contributed by atoms with Gasteiger partial charge in [-0.3, -0.25) is 4.79 Å². The summed E-state index contributed by atoms with van der Waals surface area (Å²) in [5.41, 5.74) is 1.16. The molecule has 0 aromatic heterocycles. The Balaban J connectivity index is 1.56. The number of carbonyl (C=O) groups excluding carboxylic acids is 1. The number of hydrogen-bond acceptors (Lipinski definition) is 4. The Hall–Kier alpha value is -1.90. The van der Waals surface area contributed by atoms with E-state index in [2.05, 4.69) is 0 Å². The summed E-state index contributed by atoms with van der Waals surface area (Å²) >= 11 is 1.56. The van der Waals surface area contributed by atoms with E-state index in [0.29, 0.717) is 13.1 Å². The largest absolute Gasteiger partial charge is 0.339 e. The second-order valence-electron chi connectivity index (χ2n) is 6.60. The van der Waals surface area contributed by atoms with Crippen molar-refractivity contribution in [2.24, 2.45) is 0 Å². The average molecular weight is 423 g/mol. The predicted molar refractivity (Wildman–Crippen MR) is 109 cm³/mol. The third-order valence-electron chi connectivity index (χ3n) is 4.70. The summed E-state index contributed by atoms with van der Waals surface area (Å²) in [5.74, 6) is -0.00847. The molecule has 150 valence electrons. The van der Waals surface area contributed by atoms with Crippen molar-refractivity contribution in [1.29, 1.82) is 0 Å². The molecule has 0 N–H and O–H groups in total. The second kappa shape index (κ2) is 9.07. The molecule has 0 radical (unpaired) electrons. The van der Waals surface area contributed by atoms with Crippen LogP contribution in [0.5, 0.6) is 0 Å². The molecule has 0 saturated carbocycles. The van der Waals surface area contributed by atoms with Crippen molar-refractivity contribution in [3.8, 4) is 0 Å². The fraction of sp³-hybridized carbons (Fsp3) is 0.350. The van der Waals surface area contributed by atoms with Crippen molar-refractivity contribution in [2.45, 2.75) is 22.8 Å². The molecule has 1 aliphatic rings. The number of nitrogens with zero attached hydrogens (tertiary/aromatic N) is 2. The summed E-state index contributed by atoms with van der Waals surface area (Å²) in [5, 5.41) is -0.213. The van der Waals surface area contributed by atoms with E-state index < -0.39 is 15.8 Å². The Bertz CT molecular complexity index is 914. The third kappa shape index (κ3) is 4.74. The van der Waals surface area contributed by atoms with E-state index >= 15 is 0 Å². The topological polar surface area (TPSA) is 57.7 Å². The van der Waals surface area contributed by atoms with Crippen LogP contribution in [-0.4, -0.2) is 55.0 Å². The molecule has 1 saturated heterocycles. The third-order valence-corrected chi connectivity index (χ3v) is 7.83. The van der Waals surface area contributed by atoms with Crippen LogP contribution in [0.1, 0.15) is 12.5 Å². The van der Waals surface area contributed by atoms with Crippen LogP contribution in [0.2, 0.25) is 0 Å². The molecule has 2 aromatic carbocycles. The lowest BCUT2D eigenvalue weighted by Gasteiger charge is -2.35. The maximum Gasteiger partial charge on any atom is 0.246 e. The lowest BCUT2D eigenvalue weighted by Crippen LogP contribution is -2.52. The van der Waals surface area contributed by atoms with Crippen LogP contribution in [0.3, 0.4) is 0 Å². The molecule has 1 atom stereocenters. The molecule has 3 rings (SSSR count). The van der Waals surface area contributed by atoms with Crippen LogP contribution >= 0.6 is 11.8 Å². The number of carbonyl (C=O) groups is 1. The van der Waals surface area contributed by atoms with Crippen LogP contribution in [-0.2, 0) is 20.6 Å². The Kier molecular flexibility index (Phi) is 6.74. The van der Waals surface area contributed by atoms with Gasteiger partial charge in [-0.15, -0.1) is 11.8 Å². The SMILES string of the molecule is CC(SCc1ccccc1)C(=O)N1CCN(S(=O)(=O)c2ccccc2F)CC1. The molecular formula is C20H23FN2O3S2. The molecule has 1 fully saturated rings. The highest BCUT2D eigenvalue weighted by Crippen LogP contribution is 2.23. The molecule has 1 unspecified atom stereocenters. The van der Waals surface area contributed by atoms with Crippen molar-refractivity contribution >= 4 is 27.7 Å². The molecule has 1 amide bonds. The zero-order valence-corrected chi connectivity index (χ0v) is 17.3. The van der Waals surface area contributed by atoms with Crippen LogP contribution in [0, 0.1) is 5.82 Å². The van der Waals surface area contributed by atoms with Crippen molar-refractivity contribution in [2.75, 3.05) is 26.2 Å². The predicted octanol–water partition coefficient (Wildman–Crippen LogP) is 2.98. The van der Waals surface area contributed by atoms with Gasteiger partial charge >= 0.3 is 0 Å². The van der Waals surface area contributed by atoms with Crippen LogP contribution in [0.15, 0.2) is 59.5 Å². The van der Waals surface area contributed by atoms with E-state index in [1.165, 1.54) is 22.5 Å². The van der Waals surface area contributed by atoms with Gasteiger partial charge in [-0.2, -0.15) is 4.31 Å². The van der Waals surface area contributed by atoms with Gasteiger partial charge in [0.25, 0.3) is 0 Å². The summed E-state index contributed by atoms with van der Waals surface area (Å²) in [6.45, 7) is 2.82. The van der Waals surface area contributed by atoms with Crippen LogP contribution in [0.4, 0.5) is 4.39 Å². The zero-order valence-electron chi connectivity index (χ0n) is 15.6. The van der Waals surface area contributed by atoms with Gasteiger partial charge in [0.2, 0.25) is 15.9 Å². The van der Waals surface area contributed by atoms with Gasteiger partial charge in [-0.1, -0.05) is 42.5 Å². The van der Waals surface area contributed by atoms with Crippen molar-refractivity contribution in [3.63, 3.8) is 0 Å². The molecule has 8 heteroatoms. The lowest BCUT2D eigenvalue weighted by atomic mass is 10.2. The fourth-order valence-electron chi connectivity index (χ4n) is 3.07. The summed E-state index contributed by atoms with van der Waals surface area (Å²) < 4.78 is 40.5. The van der Waals surface area contributed by atoms with Gasteiger partial charge in [0.05, 0.1) is 5.25 Å². The minimum atomic E-state index is -3.89. The highest BCUT2D eigenvalue weighted by Gasteiger charge is 2.32. The Morgan fingerprint density at radius 1 is 1.04 bits per heavy atom. The van der Waals surface area contributed by atoms with Crippen molar-refractivity contribution in [3.05, 3.63) is 66.0 Å². The first-order valence-corrected chi connectivity index (χ1v) is 11.6. The first-order valence-electron chi connectivity index (χ1n) is 9.08. The molecule has 0 bridgehead atoms. The average Bonchev–Trinajstić information content (AvgIpc) is 2.72. The van der Waals surface area contributed by atoms with Gasteiger partial charge in [0.15, 0.2) is 0 Å². The number of hydrogen-bond donors (Lipinski definition) is 0. The fourth-order valence-corrected chi connectivity index (χ4v) is 5.48. The normalized spacial score (nSPS) is 16.7. The summed E-state index contributed by atoms with van der Waals surface area (Å²) in [7, 11) is -3.89. The molecule has 0 spiro atoms. The van der Waals surface area contributed by atoms with E-state index in [0.717, 1.165) is 17.4 Å². The highest BCUT2D eigenvalue weighted by molar-refractivity contribution is 7.99. The van der Waals surface area contributed by atoms with Crippen LogP contribution < -0.4 is 0 Å². The number of sulfonamides is 1. The monoisotopic (exact) mass is 422 g/mol. The summed E-state index contributed by atoms with van der Waals surface area (Å²) in [6, 6.07) is 15.3. The zero-order chi connectivity index (χ0) is 20.1. The standard InChI is InChI=1S/C20H23FN2O3S2/c1-16(27-15-17-7-3-2-4-8-17)20(24)22-11-13-23(14-12-22)28(25,26)19-10-6-5-9-18(19)21/h2-10,16H,11-15H2,1H3. The Morgan fingerprint density at radius 2 is 1.64 bits per heavy atom. The van der Waals surface area contributed by atoms with E-state index in [9.17, 15) is 17.6 Å². The number of thioether (sulfide) groups is 1. The molecular weight excluding hydrogens is 399 g/mol. The van der Waals surface area contributed by atoms with E-state index in [-0.39, 0.29) is 29.1 Å². The molecule has 28 heavy (non-hydrogen) atoms. The Labute approximate surface area is 169 Å². The van der Waals surface area contributed by atoms with Crippen molar-refractivity contribution < 1.29 is 17.6 Å². The number of halogens is 1. The molecule has 5 nitrogen and oxygen atoms in total. The highest BCUT2D eigenvalue weighted by atomic mass is 32.2. The number of amides is 1. The molecule has 1 heterocycles. The second-order valence-corrected chi connectivity index (χ2v) is 9.83. The number of rotatable bonds is 6. The summed E-state index contributed by atoms with van der Waals surface area (Å²) in [6.07, 6.45) is 0. The van der Waals surface area contributed by atoms with Gasteiger partial charge in [0.1, 0.15) is 10.7 Å². The van der Waals surface area contributed by atoms with Crippen LogP contribution in [0.25, 0.3) is 0 Å². The minimum absolute atomic E-state index is 0.00358. The number of benzene rings is 2. The lowest BCUT2D eigenvalue weighted by molar-refractivity contribution is -0.131. The van der Waals surface area contributed by atoms with E-state index in [4.69, 9.17) is 0 Å². The molecule has 1 aliphatic heterocycles. The van der Waals surface area contributed by atoms with Gasteiger partial charge in [0, 0.05) is 31.9 Å². The van der Waals surface area contributed by atoms with Crippen molar-refractivity contribution in [1.82, 2.24) is 9.21 Å². The van der Waals surface area contributed by atoms with Gasteiger partial charge in [-0.05, 0) is 24.6 Å². The first-order chi connectivity index (χ1) is 13.4. The smallest absolute Gasteiger partial charge is 0.246 e. The van der Waals surface area contributed by atoms with E-state index in [1.54, 1.807) is 16.7 Å². The quantitative estimate of drug-likeness (QED) is 0.718. The maximum absolute atomic E-state index is 13.9. The maximum atomic E-state index is 13.9. The summed E-state index contributed by atoms with van der Waals surface area (Å²) in [4.78, 5) is 14.0. The first kappa shape index (κ1) is 20.8. The van der Waals surface area contributed by atoms with Gasteiger partial charge < -0.3 is 4.90 Å². The minimum Gasteiger partial charge on any atom is -0.339 e. The molecule has 0 aliphatic carbocycles. The molecule has 2 aromatic rings. The number of piperazine rings is 1. The van der Waals surface area contributed by atoms with E-state index in [1.807, 2.05) is 37.3 Å². The Morgan fingerprint density at radius 3 is 2.29 bits per heavy atom.